The van der Waals surface area contributed by atoms with Crippen LogP contribution in [0.3, 0.4) is 0 Å². The van der Waals surface area contributed by atoms with Gasteiger partial charge in [-0.15, -0.1) is 0 Å². The number of rotatable bonds is 6. The predicted molar refractivity (Wildman–Crippen MR) is 63.1 cm³/mol. The molecule has 0 unspecified atom stereocenters. The van der Waals surface area contributed by atoms with Crippen molar-refractivity contribution >= 4 is 16.5 Å². The second kappa shape index (κ2) is 6.22. The standard InChI is InChI=1S/C11H24O2Si/c1-5-9(6-2)11(7-3,8-4)10(12)13-14/h9H,5-8H2,1-4,14H3. The Kier molecular flexibility index (Phi) is 6.08. The fourth-order valence-electron chi connectivity index (χ4n) is 2.56. The van der Waals surface area contributed by atoms with E-state index in [1.165, 1.54) is 0 Å². The largest absolute Gasteiger partial charge is 0.528 e. The number of carbonyl (C=O) groups is 1. The van der Waals surface area contributed by atoms with E-state index in [1.807, 2.05) is 0 Å². The molecule has 0 saturated carbocycles. The maximum absolute atomic E-state index is 11.9. The van der Waals surface area contributed by atoms with E-state index in [4.69, 9.17) is 4.43 Å². The minimum atomic E-state index is -0.217. The highest BCUT2D eigenvalue weighted by atomic mass is 28.2. The van der Waals surface area contributed by atoms with E-state index >= 15 is 0 Å². The van der Waals surface area contributed by atoms with Crippen LogP contribution in [-0.2, 0) is 9.22 Å². The molecule has 0 amide bonds. The van der Waals surface area contributed by atoms with Gasteiger partial charge >= 0.3 is 0 Å². The minimum absolute atomic E-state index is 0.0304. The average Bonchev–Trinajstić information content (AvgIpc) is 2.25. The summed E-state index contributed by atoms with van der Waals surface area (Å²) in [5.74, 6) is 0.502. The molecule has 0 aromatic carbocycles. The van der Waals surface area contributed by atoms with Gasteiger partial charge in [0.1, 0.15) is 0 Å². The third-order valence-corrected chi connectivity index (χ3v) is 3.99. The van der Waals surface area contributed by atoms with Gasteiger partial charge in [0.15, 0.2) is 0 Å². The molecular formula is C11H24O2Si. The Hall–Kier alpha value is -0.313. The van der Waals surface area contributed by atoms with E-state index < -0.39 is 0 Å². The summed E-state index contributed by atoms with van der Waals surface area (Å²) in [6, 6.07) is 0. The normalized spacial score (nSPS) is 12.1. The summed E-state index contributed by atoms with van der Waals surface area (Å²) in [5, 5.41) is 0. The van der Waals surface area contributed by atoms with Gasteiger partial charge in [0, 0.05) is 0 Å². The molecule has 0 bridgehead atoms. The number of hydrogen-bond acceptors (Lipinski definition) is 2. The monoisotopic (exact) mass is 216 g/mol. The van der Waals surface area contributed by atoms with Crippen LogP contribution in [0.1, 0.15) is 53.4 Å². The molecule has 0 aromatic rings. The van der Waals surface area contributed by atoms with Gasteiger partial charge in [-0.05, 0) is 18.8 Å². The van der Waals surface area contributed by atoms with Crippen LogP contribution in [-0.4, -0.2) is 16.5 Å². The third-order valence-electron chi connectivity index (χ3n) is 3.62. The Morgan fingerprint density at radius 3 is 1.86 bits per heavy atom. The Labute approximate surface area is 91.0 Å². The van der Waals surface area contributed by atoms with Crippen molar-refractivity contribution < 1.29 is 9.22 Å². The molecule has 0 saturated heterocycles. The van der Waals surface area contributed by atoms with Gasteiger partial charge in [-0.3, -0.25) is 4.79 Å². The molecule has 2 nitrogen and oxygen atoms in total. The van der Waals surface area contributed by atoms with E-state index in [2.05, 4.69) is 27.7 Å². The summed E-state index contributed by atoms with van der Waals surface area (Å²) in [5.41, 5.74) is -0.217. The second-order valence-electron chi connectivity index (χ2n) is 3.87. The topological polar surface area (TPSA) is 26.3 Å². The van der Waals surface area contributed by atoms with Gasteiger partial charge in [-0.2, -0.15) is 0 Å². The van der Waals surface area contributed by atoms with Crippen LogP contribution in [0.4, 0.5) is 0 Å². The van der Waals surface area contributed by atoms with Crippen molar-refractivity contribution in [1.29, 1.82) is 0 Å². The first-order valence-electron chi connectivity index (χ1n) is 5.71. The fraction of sp³-hybridized carbons (Fsp3) is 0.909. The number of hydrogen-bond donors (Lipinski definition) is 0. The Bertz CT molecular complexity index is 172. The molecular weight excluding hydrogens is 192 g/mol. The molecule has 84 valence electrons. The van der Waals surface area contributed by atoms with E-state index in [0.717, 1.165) is 25.7 Å². The molecule has 0 radical (unpaired) electrons. The molecule has 0 aliphatic heterocycles. The Morgan fingerprint density at radius 1 is 1.21 bits per heavy atom. The lowest BCUT2D eigenvalue weighted by atomic mass is 9.69. The quantitative estimate of drug-likeness (QED) is 0.635. The maximum atomic E-state index is 11.9. The first-order valence-corrected chi connectivity index (χ1v) is 6.52. The second-order valence-corrected chi connectivity index (χ2v) is 4.28. The summed E-state index contributed by atoms with van der Waals surface area (Å²) in [4.78, 5) is 11.9. The fourth-order valence-corrected chi connectivity index (χ4v) is 2.96. The highest BCUT2D eigenvalue weighted by Crippen LogP contribution is 2.40. The molecule has 14 heavy (non-hydrogen) atoms. The lowest BCUT2D eigenvalue weighted by Crippen LogP contribution is -2.38. The molecule has 0 atom stereocenters. The summed E-state index contributed by atoms with van der Waals surface area (Å²) in [7, 11) is 0.514. The molecule has 0 aliphatic rings. The van der Waals surface area contributed by atoms with Gasteiger partial charge in [0.2, 0.25) is 10.5 Å². The van der Waals surface area contributed by atoms with E-state index in [0.29, 0.717) is 16.4 Å². The lowest BCUT2D eigenvalue weighted by Gasteiger charge is -2.36. The van der Waals surface area contributed by atoms with Crippen molar-refractivity contribution in [2.45, 2.75) is 53.4 Å². The van der Waals surface area contributed by atoms with Crippen LogP contribution in [0, 0.1) is 11.3 Å². The van der Waals surface area contributed by atoms with Crippen LogP contribution in [0.2, 0.25) is 0 Å². The van der Waals surface area contributed by atoms with Crippen LogP contribution >= 0.6 is 0 Å². The summed E-state index contributed by atoms with van der Waals surface area (Å²) in [6.07, 6.45) is 3.93. The van der Waals surface area contributed by atoms with E-state index in [1.54, 1.807) is 0 Å². The lowest BCUT2D eigenvalue weighted by molar-refractivity contribution is -0.150. The Morgan fingerprint density at radius 2 is 1.64 bits per heavy atom. The zero-order chi connectivity index (χ0) is 11.2. The molecule has 0 spiro atoms. The summed E-state index contributed by atoms with van der Waals surface area (Å²) in [6.45, 7) is 8.52. The molecule has 0 heterocycles. The molecule has 0 aromatic heterocycles. The van der Waals surface area contributed by atoms with Crippen molar-refractivity contribution in [3.63, 3.8) is 0 Å². The molecule has 0 rings (SSSR count). The van der Waals surface area contributed by atoms with Crippen LogP contribution in [0.15, 0.2) is 0 Å². The third kappa shape index (κ3) is 2.38. The minimum Gasteiger partial charge on any atom is -0.528 e. The molecule has 0 N–H and O–H groups in total. The van der Waals surface area contributed by atoms with Crippen molar-refractivity contribution in [2.75, 3.05) is 0 Å². The average molecular weight is 216 g/mol. The van der Waals surface area contributed by atoms with Gasteiger partial charge < -0.3 is 4.43 Å². The summed E-state index contributed by atoms with van der Waals surface area (Å²) >= 11 is 0. The Balaban J connectivity index is 4.93. The SMILES string of the molecule is CCC(CC)C(CC)(CC)C(=O)O[SiH3]. The van der Waals surface area contributed by atoms with Gasteiger partial charge in [0.25, 0.3) is 5.97 Å². The highest BCUT2D eigenvalue weighted by molar-refractivity contribution is 6.06. The van der Waals surface area contributed by atoms with Crippen LogP contribution < -0.4 is 0 Å². The predicted octanol–water partition coefficient (Wildman–Crippen LogP) is 2.05. The van der Waals surface area contributed by atoms with Crippen molar-refractivity contribution in [2.24, 2.45) is 11.3 Å². The van der Waals surface area contributed by atoms with Gasteiger partial charge in [-0.1, -0.05) is 40.5 Å². The van der Waals surface area contributed by atoms with E-state index in [-0.39, 0.29) is 11.4 Å². The summed E-state index contributed by atoms with van der Waals surface area (Å²) < 4.78 is 5.08. The van der Waals surface area contributed by atoms with E-state index in [9.17, 15) is 4.79 Å². The molecule has 0 aliphatic carbocycles. The van der Waals surface area contributed by atoms with Gasteiger partial charge in [-0.25, -0.2) is 0 Å². The van der Waals surface area contributed by atoms with Crippen molar-refractivity contribution in [3.8, 4) is 0 Å². The van der Waals surface area contributed by atoms with Gasteiger partial charge in [0.05, 0.1) is 5.41 Å². The molecule has 0 fully saturated rings. The zero-order valence-corrected chi connectivity index (χ0v) is 12.2. The smallest absolute Gasteiger partial charge is 0.298 e. The maximum Gasteiger partial charge on any atom is 0.298 e. The van der Waals surface area contributed by atoms with Crippen LogP contribution in [0.25, 0.3) is 0 Å². The first-order chi connectivity index (χ1) is 6.62. The molecule has 3 heteroatoms. The van der Waals surface area contributed by atoms with Crippen molar-refractivity contribution in [1.82, 2.24) is 0 Å². The van der Waals surface area contributed by atoms with Crippen molar-refractivity contribution in [3.05, 3.63) is 0 Å². The number of carbonyl (C=O) groups excluding carboxylic acids is 1. The highest BCUT2D eigenvalue weighted by Gasteiger charge is 2.41. The first kappa shape index (κ1) is 13.7. The van der Waals surface area contributed by atoms with Crippen LogP contribution in [0.5, 0.6) is 0 Å². The zero-order valence-electron chi connectivity index (χ0n) is 10.2.